The van der Waals surface area contributed by atoms with E-state index in [4.69, 9.17) is 16.3 Å². The van der Waals surface area contributed by atoms with Crippen molar-refractivity contribution < 1.29 is 17.9 Å². The Balaban J connectivity index is 1.65. The van der Waals surface area contributed by atoms with Gasteiger partial charge in [-0.2, -0.15) is 13.2 Å². The quantitative estimate of drug-likeness (QED) is 0.318. The maximum absolute atomic E-state index is 13.1. The first kappa shape index (κ1) is 23.6. The third-order valence-electron chi connectivity index (χ3n) is 5.59. The molecule has 0 amide bonds. The molecule has 0 saturated heterocycles. The Bertz CT molecular complexity index is 1590. The summed E-state index contributed by atoms with van der Waals surface area (Å²) in [7, 11) is 1.51. The molecule has 0 unspecified atom stereocenters. The van der Waals surface area contributed by atoms with E-state index in [0.29, 0.717) is 33.2 Å². The Morgan fingerprint density at radius 3 is 2.31 bits per heavy atom. The third kappa shape index (κ3) is 4.42. The van der Waals surface area contributed by atoms with E-state index in [-0.39, 0.29) is 6.54 Å². The van der Waals surface area contributed by atoms with Gasteiger partial charge in [0.25, 0.3) is 0 Å². The number of alkyl halides is 3. The number of hydrogen-bond acceptors (Lipinski definition) is 5. The third-order valence-corrected chi connectivity index (χ3v) is 5.84. The fourth-order valence-corrected chi connectivity index (χ4v) is 3.97. The zero-order valence-electron chi connectivity index (χ0n) is 18.7. The Morgan fingerprint density at radius 1 is 0.944 bits per heavy atom. The Morgan fingerprint density at radius 2 is 1.69 bits per heavy atom. The molecule has 5 rings (SSSR count). The average molecular weight is 512 g/mol. The summed E-state index contributed by atoms with van der Waals surface area (Å²) < 4.78 is 46.3. The number of halogens is 4. The number of nitrogens with zero attached hydrogens (tertiary/aromatic N) is 5. The van der Waals surface area contributed by atoms with E-state index in [1.54, 1.807) is 36.7 Å². The lowest BCUT2D eigenvalue weighted by Crippen LogP contribution is -2.21. The van der Waals surface area contributed by atoms with Crippen molar-refractivity contribution in [2.45, 2.75) is 12.7 Å². The molecular weight excluding hydrogens is 495 g/mol. The highest BCUT2D eigenvalue weighted by molar-refractivity contribution is 6.30. The van der Waals surface area contributed by atoms with Crippen LogP contribution in [0.15, 0.2) is 78.0 Å². The summed E-state index contributed by atoms with van der Waals surface area (Å²) in [5, 5.41) is 5.12. The predicted octanol–water partition coefficient (Wildman–Crippen LogP) is 5.35. The van der Waals surface area contributed by atoms with Gasteiger partial charge in [0.15, 0.2) is 5.65 Å². The van der Waals surface area contributed by atoms with Crippen LogP contribution in [-0.4, -0.2) is 31.3 Å². The second kappa shape index (κ2) is 9.12. The monoisotopic (exact) mass is 511 g/mol. The minimum Gasteiger partial charge on any atom is -0.481 e. The van der Waals surface area contributed by atoms with E-state index in [1.807, 2.05) is 18.2 Å². The lowest BCUT2D eigenvalue weighted by molar-refractivity contribution is -0.141. The van der Waals surface area contributed by atoms with E-state index >= 15 is 0 Å². The molecule has 0 saturated carbocycles. The van der Waals surface area contributed by atoms with Gasteiger partial charge in [0, 0.05) is 40.8 Å². The molecule has 0 bridgehead atoms. The number of pyridine rings is 3. The zero-order chi connectivity index (χ0) is 25.4. The second-order valence-corrected chi connectivity index (χ2v) is 8.32. The summed E-state index contributed by atoms with van der Waals surface area (Å²) >= 11 is 6.07. The smallest absolute Gasteiger partial charge is 0.433 e. The largest absolute Gasteiger partial charge is 0.481 e. The van der Waals surface area contributed by atoms with E-state index in [0.717, 1.165) is 23.4 Å². The molecule has 182 valence electrons. The van der Waals surface area contributed by atoms with Crippen molar-refractivity contribution in [2.24, 2.45) is 0 Å². The summed E-state index contributed by atoms with van der Waals surface area (Å²) in [4.78, 5) is 20.9. The molecule has 4 heterocycles. The number of ether oxygens (including phenoxy) is 1. The van der Waals surface area contributed by atoms with Crippen LogP contribution in [0.4, 0.5) is 13.2 Å². The summed E-state index contributed by atoms with van der Waals surface area (Å²) in [6.07, 6.45) is -0.224. The molecule has 0 fully saturated rings. The molecule has 0 aliphatic rings. The number of benzene rings is 1. The fourth-order valence-electron chi connectivity index (χ4n) is 3.84. The maximum atomic E-state index is 13.1. The van der Waals surface area contributed by atoms with Gasteiger partial charge >= 0.3 is 11.9 Å². The standard InChI is InChI=1S/C25H17ClF3N5O2/c1-36-21-9-5-17(13-31-21)22-19(16-3-6-18(26)7-4-16)10-11-33-23(22)32-34(24(33)35)14-15-2-8-20(30-12-15)25(27,28)29/h2-13H,14H2,1H3. The molecule has 7 nitrogen and oxygen atoms in total. The molecule has 0 aliphatic heterocycles. The summed E-state index contributed by atoms with van der Waals surface area (Å²) in [5.74, 6) is 0.427. The van der Waals surface area contributed by atoms with Crippen molar-refractivity contribution in [1.29, 1.82) is 0 Å². The second-order valence-electron chi connectivity index (χ2n) is 7.88. The molecular formula is C25H17ClF3N5O2. The van der Waals surface area contributed by atoms with Crippen LogP contribution in [-0.2, 0) is 12.7 Å². The Hall–Kier alpha value is -4.18. The van der Waals surface area contributed by atoms with Crippen molar-refractivity contribution in [1.82, 2.24) is 24.1 Å². The highest BCUT2D eigenvalue weighted by Crippen LogP contribution is 2.35. The van der Waals surface area contributed by atoms with Crippen molar-refractivity contribution >= 4 is 17.2 Å². The summed E-state index contributed by atoms with van der Waals surface area (Å²) in [6.45, 7) is -0.0533. The Labute approximate surface area is 207 Å². The van der Waals surface area contributed by atoms with Crippen LogP contribution < -0.4 is 10.4 Å². The first-order chi connectivity index (χ1) is 17.2. The highest BCUT2D eigenvalue weighted by atomic mass is 35.5. The molecule has 1 aromatic carbocycles. The zero-order valence-corrected chi connectivity index (χ0v) is 19.5. The molecule has 0 atom stereocenters. The van der Waals surface area contributed by atoms with Gasteiger partial charge in [-0.25, -0.2) is 18.9 Å². The lowest BCUT2D eigenvalue weighted by atomic mass is 9.97. The van der Waals surface area contributed by atoms with Crippen molar-refractivity contribution in [2.75, 3.05) is 7.11 Å². The molecule has 0 aliphatic carbocycles. The van der Waals surface area contributed by atoms with Gasteiger partial charge in [0.2, 0.25) is 5.88 Å². The number of methoxy groups -OCH3 is 1. The van der Waals surface area contributed by atoms with Crippen molar-refractivity contribution in [3.8, 4) is 28.1 Å². The van der Waals surface area contributed by atoms with Gasteiger partial charge in [-0.15, -0.1) is 5.10 Å². The number of rotatable bonds is 5. The van der Waals surface area contributed by atoms with Crippen LogP contribution in [0.5, 0.6) is 5.88 Å². The number of aromatic nitrogens is 5. The molecule has 11 heteroatoms. The van der Waals surface area contributed by atoms with Gasteiger partial charge in [0.05, 0.1) is 13.7 Å². The van der Waals surface area contributed by atoms with E-state index < -0.39 is 17.6 Å². The molecule has 4 aromatic heterocycles. The van der Waals surface area contributed by atoms with Gasteiger partial charge in [-0.3, -0.25) is 4.98 Å². The highest BCUT2D eigenvalue weighted by Gasteiger charge is 2.32. The lowest BCUT2D eigenvalue weighted by Gasteiger charge is -2.11. The fraction of sp³-hybridized carbons (Fsp3) is 0.120. The molecule has 5 aromatic rings. The summed E-state index contributed by atoms with van der Waals surface area (Å²) in [5.41, 5.74) is 2.29. The molecule has 36 heavy (non-hydrogen) atoms. The first-order valence-electron chi connectivity index (χ1n) is 10.7. The van der Waals surface area contributed by atoms with Crippen LogP contribution in [0.3, 0.4) is 0 Å². The molecule has 0 N–H and O–H groups in total. The van der Waals surface area contributed by atoms with Crippen LogP contribution in [0, 0.1) is 0 Å². The SMILES string of the molecule is COc1ccc(-c2c(-c3ccc(Cl)cc3)ccn3c(=O)n(Cc4ccc(C(F)(F)F)nc4)nc23)cn1. The van der Waals surface area contributed by atoms with Gasteiger partial charge in [-0.1, -0.05) is 29.8 Å². The van der Waals surface area contributed by atoms with Gasteiger partial charge in [0.1, 0.15) is 5.69 Å². The summed E-state index contributed by atoms with van der Waals surface area (Å²) in [6, 6.07) is 14.7. The normalized spacial score (nSPS) is 11.7. The van der Waals surface area contributed by atoms with E-state index in [2.05, 4.69) is 15.1 Å². The predicted molar refractivity (Wildman–Crippen MR) is 128 cm³/mol. The minimum absolute atomic E-state index is 0.0533. The van der Waals surface area contributed by atoms with Gasteiger partial charge < -0.3 is 4.74 Å². The Kier molecular flexibility index (Phi) is 5.97. The maximum Gasteiger partial charge on any atom is 0.433 e. The van der Waals surface area contributed by atoms with Crippen LogP contribution in [0.2, 0.25) is 5.02 Å². The number of fused-ring (bicyclic) bond motifs is 1. The molecule has 0 spiro atoms. The average Bonchev–Trinajstić information content (AvgIpc) is 3.19. The van der Waals surface area contributed by atoms with E-state index in [1.165, 1.54) is 22.3 Å². The van der Waals surface area contributed by atoms with Crippen LogP contribution in [0.1, 0.15) is 11.3 Å². The molecule has 0 radical (unpaired) electrons. The van der Waals surface area contributed by atoms with Crippen molar-refractivity contribution in [3.05, 3.63) is 100.0 Å². The van der Waals surface area contributed by atoms with Crippen molar-refractivity contribution in [3.63, 3.8) is 0 Å². The van der Waals surface area contributed by atoms with Crippen LogP contribution in [0.25, 0.3) is 27.9 Å². The first-order valence-corrected chi connectivity index (χ1v) is 11.0. The number of hydrogen-bond donors (Lipinski definition) is 0. The van der Waals surface area contributed by atoms with Crippen LogP contribution >= 0.6 is 11.6 Å². The topological polar surface area (TPSA) is 74.3 Å². The van der Waals surface area contributed by atoms with E-state index in [9.17, 15) is 18.0 Å². The minimum atomic E-state index is -4.54. The van der Waals surface area contributed by atoms with Gasteiger partial charge in [-0.05, 0) is 47.0 Å².